The lowest BCUT2D eigenvalue weighted by atomic mass is 10.5. The van der Waals surface area contributed by atoms with Crippen LogP contribution in [-0.2, 0) is 11.3 Å². The Bertz CT molecular complexity index is 472. The molecule has 1 aromatic rings. The number of likely N-dealkylation sites (N-methyl/N-ethyl adjacent to an activating group) is 1. The predicted molar refractivity (Wildman–Crippen MR) is 68.5 cm³/mol. The summed E-state index contributed by atoms with van der Waals surface area (Å²) < 4.78 is 1.67. The highest BCUT2D eigenvalue weighted by molar-refractivity contribution is 5.93. The summed E-state index contributed by atoms with van der Waals surface area (Å²) in [6.07, 6.45) is 2.53. The van der Waals surface area contributed by atoms with Crippen molar-refractivity contribution in [3.05, 3.63) is 6.33 Å². The second-order valence-corrected chi connectivity index (χ2v) is 4.51. The molecule has 1 aliphatic heterocycles. The van der Waals surface area contributed by atoms with Crippen LogP contribution in [0.5, 0.6) is 0 Å². The van der Waals surface area contributed by atoms with Crippen molar-refractivity contribution in [3.8, 4) is 0 Å². The summed E-state index contributed by atoms with van der Waals surface area (Å²) >= 11 is 0. The zero-order valence-electron chi connectivity index (χ0n) is 11.2. The molecule has 0 atom stereocenters. The zero-order valence-corrected chi connectivity index (χ0v) is 11.2. The number of aryl methyl sites for hydroxylation is 1. The van der Waals surface area contributed by atoms with Crippen molar-refractivity contribution in [2.75, 3.05) is 32.0 Å². The second kappa shape index (κ2) is 5.68. The smallest absolute Gasteiger partial charge is 0.320 e. The third-order valence-electron chi connectivity index (χ3n) is 2.88. The van der Waals surface area contributed by atoms with Crippen molar-refractivity contribution in [2.24, 2.45) is 0 Å². The molecule has 8 heteroatoms. The molecular weight excluding hydrogens is 248 g/mol. The van der Waals surface area contributed by atoms with Crippen LogP contribution in [0.3, 0.4) is 0 Å². The highest BCUT2D eigenvalue weighted by atomic mass is 16.2. The molecule has 0 aromatic carbocycles. The monoisotopic (exact) mass is 266 g/mol. The number of carbonyl (C=O) groups is 2. The van der Waals surface area contributed by atoms with Crippen molar-refractivity contribution in [1.82, 2.24) is 24.6 Å². The van der Waals surface area contributed by atoms with Crippen LogP contribution in [0.1, 0.15) is 13.3 Å². The molecule has 1 aliphatic rings. The lowest BCUT2D eigenvalue weighted by molar-refractivity contribution is -0.116. The van der Waals surface area contributed by atoms with Gasteiger partial charge in [-0.15, -0.1) is 5.10 Å². The maximum absolute atomic E-state index is 11.8. The van der Waals surface area contributed by atoms with Gasteiger partial charge in [-0.3, -0.25) is 14.8 Å². The minimum absolute atomic E-state index is 0.0332. The Labute approximate surface area is 111 Å². The highest BCUT2D eigenvalue weighted by Crippen LogP contribution is 2.06. The van der Waals surface area contributed by atoms with E-state index in [1.54, 1.807) is 23.0 Å². The summed E-state index contributed by atoms with van der Waals surface area (Å²) in [5.74, 6) is -0.00338. The van der Waals surface area contributed by atoms with Gasteiger partial charge in [-0.2, -0.15) is 0 Å². The first-order valence-corrected chi connectivity index (χ1v) is 6.29. The molecular formula is C11H18N6O2. The topological polar surface area (TPSA) is 83.4 Å². The van der Waals surface area contributed by atoms with E-state index in [2.05, 4.69) is 15.4 Å². The van der Waals surface area contributed by atoms with E-state index in [0.29, 0.717) is 13.1 Å². The molecule has 0 unspecified atom stereocenters. The third kappa shape index (κ3) is 3.21. The number of urea groups is 1. The average molecular weight is 266 g/mol. The van der Waals surface area contributed by atoms with Gasteiger partial charge in [0.05, 0.1) is 0 Å². The standard InChI is InChI=1S/C11H18N6O2/c1-3-4-17-8-12-10(14-17)13-9(18)7-16-6-5-15(2)11(16)19/h8H,3-7H2,1-2H3,(H,13,14,18). The van der Waals surface area contributed by atoms with Gasteiger partial charge in [-0.1, -0.05) is 6.92 Å². The van der Waals surface area contributed by atoms with Crippen LogP contribution in [0.25, 0.3) is 0 Å². The second-order valence-electron chi connectivity index (χ2n) is 4.51. The summed E-state index contributed by atoms with van der Waals surface area (Å²) in [6, 6.07) is -0.125. The van der Waals surface area contributed by atoms with Gasteiger partial charge in [0.15, 0.2) is 0 Å². The van der Waals surface area contributed by atoms with Crippen LogP contribution in [0.4, 0.5) is 10.7 Å². The number of nitrogens with zero attached hydrogens (tertiary/aromatic N) is 5. The molecule has 1 N–H and O–H groups in total. The first-order chi connectivity index (χ1) is 9.10. The molecule has 1 saturated heterocycles. The predicted octanol–water partition coefficient (Wildman–Crippen LogP) is -0.00600. The van der Waals surface area contributed by atoms with E-state index >= 15 is 0 Å². The lowest BCUT2D eigenvalue weighted by Gasteiger charge is -2.14. The Morgan fingerprint density at radius 1 is 1.47 bits per heavy atom. The molecule has 8 nitrogen and oxygen atoms in total. The molecule has 2 rings (SSSR count). The van der Waals surface area contributed by atoms with Gasteiger partial charge in [0.2, 0.25) is 11.9 Å². The van der Waals surface area contributed by atoms with Crippen molar-refractivity contribution >= 4 is 17.9 Å². The molecule has 19 heavy (non-hydrogen) atoms. The Balaban J connectivity index is 1.85. The first kappa shape index (κ1) is 13.3. The average Bonchev–Trinajstić information content (AvgIpc) is 2.92. The fourth-order valence-corrected chi connectivity index (χ4v) is 1.88. The molecule has 0 saturated carbocycles. The maximum Gasteiger partial charge on any atom is 0.320 e. The van der Waals surface area contributed by atoms with Gasteiger partial charge in [0.1, 0.15) is 12.9 Å². The zero-order chi connectivity index (χ0) is 13.8. The maximum atomic E-state index is 11.8. The Kier molecular flexibility index (Phi) is 3.98. The molecule has 0 aliphatic carbocycles. The van der Waals surface area contributed by atoms with E-state index in [9.17, 15) is 9.59 Å². The number of carbonyl (C=O) groups excluding carboxylic acids is 2. The minimum Gasteiger partial charge on any atom is -0.326 e. The summed E-state index contributed by atoms with van der Waals surface area (Å²) in [5.41, 5.74) is 0. The van der Waals surface area contributed by atoms with E-state index in [1.165, 1.54) is 4.90 Å². The molecule has 3 amide bonds. The van der Waals surface area contributed by atoms with E-state index < -0.39 is 0 Å². The minimum atomic E-state index is -0.280. The van der Waals surface area contributed by atoms with Crippen molar-refractivity contribution in [3.63, 3.8) is 0 Å². The Morgan fingerprint density at radius 2 is 2.26 bits per heavy atom. The summed E-state index contributed by atoms with van der Waals surface area (Å²) in [5, 5.41) is 6.70. The van der Waals surface area contributed by atoms with Gasteiger partial charge in [-0.25, -0.2) is 9.78 Å². The Morgan fingerprint density at radius 3 is 2.89 bits per heavy atom. The number of nitrogens with one attached hydrogen (secondary N) is 1. The van der Waals surface area contributed by atoms with E-state index in [1.807, 2.05) is 6.92 Å². The van der Waals surface area contributed by atoms with Crippen LogP contribution in [0.2, 0.25) is 0 Å². The summed E-state index contributed by atoms with van der Waals surface area (Å²) in [4.78, 5) is 30.5. The van der Waals surface area contributed by atoms with E-state index in [0.717, 1.165) is 13.0 Å². The van der Waals surface area contributed by atoms with Gasteiger partial charge in [0, 0.05) is 26.7 Å². The van der Waals surface area contributed by atoms with Crippen LogP contribution < -0.4 is 5.32 Å². The van der Waals surface area contributed by atoms with E-state index in [4.69, 9.17) is 0 Å². The molecule has 1 aromatic heterocycles. The normalized spacial score (nSPS) is 15.2. The van der Waals surface area contributed by atoms with E-state index in [-0.39, 0.29) is 24.4 Å². The largest absolute Gasteiger partial charge is 0.326 e. The molecule has 0 bridgehead atoms. The number of amides is 3. The van der Waals surface area contributed by atoms with Gasteiger partial charge in [0.25, 0.3) is 0 Å². The van der Waals surface area contributed by atoms with Crippen molar-refractivity contribution in [2.45, 2.75) is 19.9 Å². The molecule has 0 radical (unpaired) electrons. The number of hydrogen-bond donors (Lipinski definition) is 1. The quantitative estimate of drug-likeness (QED) is 0.812. The van der Waals surface area contributed by atoms with Gasteiger partial charge in [-0.05, 0) is 6.42 Å². The highest BCUT2D eigenvalue weighted by Gasteiger charge is 2.27. The third-order valence-corrected chi connectivity index (χ3v) is 2.88. The van der Waals surface area contributed by atoms with Crippen molar-refractivity contribution < 1.29 is 9.59 Å². The number of anilines is 1. The van der Waals surface area contributed by atoms with Crippen LogP contribution in [0.15, 0.2) is 6.33 Å². The fourth-order valence-electron chi connectivity index (χ4n) is 1.88. The number of aromatic nitrogens is 3. The number of hydrogen-bond acceptors (Lipinski definition) is 4. The molecule has 104 valence electrons. The summed E-state index contributed by atoms with van der Waals surface area (Å²) in [6.45, 7) is 4.05. The summed E-state index contributed by atoms with van der Waals surface area (Å²) in [7, 11) is 1.72. The lowest BCUT2D eigenvalue weighted by Crippen LogP contribution is -2.36. The SMILES string of the molecule is CCCn1cnc(NC(=O)CN2CCN(C)C2=O)n1. The van der Waals surface area contributed by atoms with Crippen LogP contribution in [-0.4, -0.2) is 63.2 Å². The van der Waals surface area contributed by atoms with Crippen LogP contribution in [0, 0.1) is 0 Å². The first-order valence-electron chi connectivity index (χ1n) is 6.29. The molecule has 0 spiro atoms. The van der Waals surface area contributed by atoms with Crippen LogP contribution >= 0.6 is 0 Å². The van der Waals surface area contributed by atoms with Crippen molar-refractivity contribution in [1.29, 1.82) is 0 Å². The molecule has 1 fully saturated rings. The number of rotatable bonds is 5. The molecule has 2 heterocycles. The fraction of sp³-hybridized carbons (Fsp3) is 0.636. The van der Waals surface area contributed by atoms with Gasteiger partial charge < -0.3 is 9.80 Å². The Hall–Kier alpha value is -2.12. The van der Waals surface area contributed by atoms with Gasteiger partial charge >= 0.3 is 6.03 Å².